The predicted octanol–water partition coefficient (Wildman–Crippen LogP) is 2.51. The molecule has 6 heteroatoms. The van der Waals surface area contributed by atoms with Crippen LogP contribution in [0.2, 0.25) is 0 Å². The summed E-state index contributed by atoms with van der Waals surface area (Å²) in [5.41, 5.74) is 0.680. The van der Waals surface area contributed by atoms with Crippen molar-refractivity contribution in [3.05, 3.63) is 23.2 Å². The first-order valence-corrected chi connectivity index (χ1v) is 8.93. The molecule has 5 nitrogen and oxygen atoms in total. The average Bonchev–Trinajstić information content (AvgIpc) is 2.89. The van der Waals surface area contributed by atoms with E-state index in [1.807, 2.05) is 19.9 Å². The van der Waals surface area contributed by atoms with Crippen LogP contribution in [0.1, 0.15) is 47.6 Å². The van der Waals surface area contributed by atoms with Crippen molar-refractivity contribution >= 4 is 18.3 Å². The molecule has 136 valence electrons. The van der Waals surface area contributed by atoms with Crippen molar-refractivity contribution < 1.29 is 9.21 Å². The summed E-state index contributed by atoms with van der Waals surface area (Å²) in [5, 5.41) is 6.61. The van der Waals surface area contributed by atoms with Crippen LogP contribution in [0.25, 0.3) is 0 Å². The van der Waals surface area contributed by atoms with Crippen LogP contribution in [0, 0.1) is 19.8 Å². The lowest BCUT2D eigenvalue weighted by atomic mass is 9.96. The van der Waals surface area contributed by atoms with Crippen LogP contribution in [0.15, 0.2) is 10.5 Å². The number of hydrogen-bond acceptors (Lipinski definition) is 4. The SMILES string of the molecule is Cc1cc(C(=O)NC2CCN(CC3CCNCC3)CC2)c(C)o1.Cl. The third kappa shape index (κ3) is 4.98. The maximum Gasteiger partial charge on any atom is 0.255 e. The number of piperidine rings is 2. The van der Waals surface area contributed by atoms with Gasteiger partial charge in [0.15, 0.2) is 0 Å². The summed E-state index contributed by atoms with van der Waals surface area (Å²) >= 11 is 0. The van der Waals surface area contributed by atoms with Crippen molar-refractivity contribution in [3.63, 3.8) is 0 Å². The van der Waals surface area contributed by atoms with Crippen molar-refractivity contribution in [2.24, 2.45) is 5.92 Å². The summed E-state index contributed by atoms with van der Waals surface area (Å²) in [6, 6.07) is 2.12. The Balaban J connectivity index is 0.00000208. The number of amides is 1. The first-order valence-electron chi connectivity index (χ1n) is 8.93. The Kier molecular flexibility index (Phi) is 7.14. The van der Waals surface area contributed by atoms with Crippen molar-refractivity contribution in [1.82, 2.24) is 15.5 Å². The number of carbonyl (C=O) groups is 1. The Labute approximate surface area is 150 Å². The van der Waals surface area contributed by atoms with Crippen LogP contribution >= 0.6 is 12.4 Å². The summed E-state index contributed by atoms with van der Waals surface area (Å²) < 4.78 is 5.45. The summed E-state index contributed by atoms with van der Waals surface area (Å²) in [4.78, 5) is 14.9. The Morgan fingerprint density at radius 1 is 1.25 bits per heavy atom. The first-order chi connectivity index (χ1) is 11.1. The lowest BCUT2D eigenvalue weighted by Crippen LogP contribution is -2.46. The average molecular weight is 356 g/mol. The third-order valence-electron chi connectivity index (χ3n) is 5.18. The van der Waals surface area contributed by atoms with E-state index in [9.17, 15) is 4.79 Å². The summed E-state index contributed by atoms with van der Waals surface area (Å²) in [7, 11) is 0. The van der Waals surface area contributed by atoms with E-state index in [0.29, 0.717) is 17.4 Å². The monoisotopic (exact) mass is 355 g/mol. The fraction of sp³-hybridized carbons (Fsp3) is 0.722. The molecule has 1 aromatic rings. The van der Waals surface area contributed by atoms with Gasteiger partial charge in [0.1, 0.15) is 11.5 Å². The Morgan fingerprint density at radius 2 is 1.92 bits per heavy atom. The molecule has 1 amide bonds. The molecule has 1 aromatic heterocycles. The van der Waals surface area contributed by atoms with Gasteiger partial charge in [0.2, 0.25) is 0 Å². The van der Waals surface area contributed by atoms with Gasteiger partial charge in [0, 0.05) is 25.7 Å². The van der Waals surface area contributed by atoms with E-state index in [1.54, 1.807) is 0 Å². The molecule has 2 N–H and O–H groups in total. The van der Waals surface area contributed by atoms with Crippen LogP contribution in [-0.2, 0) is 0 Å². The van der Waals surface area contributed by atoms with Crippen molar-refractivity contribution in [2.75, 3.05) is 32.7 Å². The van der Waals surface area contributed by atoms with Crippen LogP contribution in [-0.4, -0.2) is 49.6 Å². The number of aryl methyl sites for hydroxylation is 2. The highest BCUT2D eigenvalue weighted by Crippen LogP contribution is 2.19. The molecular weight excluding hydrogens is 326 g/mol. The quantitative estimate of drug-likeness (QED) is 0.871. The predicted molar refractivity (Wildman–Crippen MR) is 98.0 cm³/mol. The number of likely N-dealkylation sites (tertiary alicyclic amines) is 1. The lowest BCUT2D eigenvalue weighted by molar-refractivity contribution is 0.0901. The molecule has 0 saturated carbocycles. The molecule has 2 aliphatic rings. The minimum Gasteiger partial charge on any atom is -0.466 e. The highest BCUT2D eigenvalue weighted by Gasteiger charge is 2.24. The molecule has 0 atom stereocenters. The minimum absolute atomic E-state index is 0. The van der Waals surface area contributed by atoms with Gasteiger partial charge >= 0.3 is 0 Å². The van der Waals surface area contributed by atoms with Gasteiger partial charge in [-0.15, -0.1) is 12.4 Å². The zero-order valence-corrected chi connectivity index (χ0v) is 15.6. The Bertz CT molecular complexity index is 532. The van der Waals surface area contributed by atoms with Gasteiger partial charge < -0.3 is 20.0 Å². The molecule has 0 bridgehead atoms. The molecule has 0 aromatic carbocycles. The lowest BCUT2D eigenvalue weighted by Gasteiger charge is -2.35. The van der Waals surface area contributed by atoms with E-state index >= 15 is 0 Å². The molecule has 2 saturated heterocycles. The van der Waals surface area contributed by atoms with Gasteiger partial charge in [-0.3, -0.25) is 4.79 Å². The smallest absolute Gasteiger partial charge is 0.255 e. The molecule has 0 aliphatic carbocycles. The number of furan rings is 1. The Hall–Kier alpha value is -1.04. The zero-order valence-electron chi connectivity index (χ0n) is 14.8. The molecule has 2 aliphatic heterocycles. The van der Waals surface area contributed by atoms with Gasteiger partial charge in [-0.25, -0.2) is 0 Å². The maximum absolute atomic E-state index is 12.4. The Morgan fingerprint density at radius 3 is 2.50 bits per heavy atom. The molecule has 24 heavy (non-hydrogen) atoms. The highest BCUT2D eigenvalue weighted by molar-refractivity contribution is 5.95. The summed E-state index contributed by atoms with van der Waals surface area (Å²) in [6.07, 6.45) is 4.70. The fourth-order valence-electron chi connectivity index (χ4n) is 3.81. The molecule has 2 fully saturated rings. The molecule has 0 spiro atoms. The second-order valence-electron chi connectivity index (χ2n) is 7.07. The fourth-order valence-corrected chi connectivity index (χ4v) is 3.81. The number of carbonyl (C=O) groups excluding carboxylic acids is 1. The van der Waals surface area contributed by atoms with E-state index in [2.05, 4.69) is 15.5 Å². The zero-order chi connectivity index (χ0) is 16.2. The topological polar surface area (TPSA) is 57.5 Å². The second-order valence-corrected chi connectivity index (χ2v) is 7.07. The van der Waals surface area contributed by atoms with Crippen LogP contribution < -0.4 is 10.6 Å². The van der Waals surface area contributed by atoms with E-state index in [0.717, 1.165) is 37.6 Å². The van der Waals surface area contributed by atoms with E-state index < -0.39 is 0 Å². The van der Waals surface area contributed by atoms with Gasteiger partial charge in [0.25, 0.3) is 5.91 Å². The van der Waals surface area contributed by atoms with E-state index in [4.69, 9.17) is 4.42 Å². The molecule has 0 radical (unpaired) electrons. The molecule has 3 rings (SSSR count). The first kappa shape index (κ1) is 19.3. The van der Waals surface area contributed by atoms with Crippen LogP contribution in [0.5, 0.6) is 0 Å². The highest BCUT2D eigenvalue weighted by atomic mass is 35.5. The molecular formula is C18H30ClN3O2. The van der Waals surface area contributed by atoms with Crippen molar-refractivity contribution in [2.45, 2.75) is 45.6 Å². The van der Waals surface area contributed by atoms with Gasteiger partial charge in [-0.1, -0.05) is 0 Å². The summed E-state index contributed by atoms with van der Waals surface area (Å²) in [6.45, 7) is 9.48. The number of nitrogens with zero attached hydrogens (tertiary/aromatic N) is 1. The molecule has 0 unspecified atom stereocenters. The number of halogens is 1. The number of rotatable bonds is 4. The summed E-state index contributed by atoms with van der Waals surface area (Å²) in [5.74, 6) is 2.36. The second kappa shape index (κ2) is 8.88. The number of nitrogens with one attached hydrogen (secondary N) is 2. The standard InChI is InChI=1S/C18H29N3O2.ClH/c1-13-11-17(14(2)23-13)18(22)20-16-5-9-21(10-6-16)12-15-3-7-19-8-4-15;/h11,15-16,19H,3-10,12H2,1-2H3,(H,20,22);1H. The van der Waals surface area contributed by atoms with Gasteiger partial charge in [-0.05, 0) is 64.6 Å². The molecule has 3 heterocycles. The van der Waals surface area contributed by atoms with Crippen molar-refractivity contribution in [1.29, 1.82) is 0 Å². The number of hydrogen-bond donors (Lipinski definition) is 2. The van der Waals surface area contributed by atoms with Crippen molar-refractivity contribution in [3.8, 4) is 0 Å². The maximum atomic E-state index is 12.4. The minimum atomic E-state index is 0. The van der Waals surface area contributed by atoms with Gasteiger partial charge in [-0.2, -0.15) is 0 Å². The van der Waals surface area contributed by atoms with E-state index in [-0.39, 0.29) is 18.3 Å². The normalized spacial score (nSPS) is 20.6. The third-order valence-corrected chi connectivity index (χ3v) is 5.18. The van der Waals surface area contributed by atoms with Crippen LogP contribution in [0.4, 0.5) is 0 Å². The van der Waals surface area contributed by atoms with Gasteiger partial charge in [0.05, 0.1) is 5.56 Å². The van der Waals surface area contributed by atoms with Crippen LogP contribution in [0.3, 0.4) is 0 Å². The largest absolute Gasteiger partial charge is 0.466 e. The van der Waals surface area contributed by atoms with E-state index in [1.165, 1.54) is 32.5 Å².